The number of aryl methyl sites for hydroxylation is 1. The number of anilines is 2. The minimum absolute atomic E-state index is 0.0123. The van der Waals surface area contributed by atoms with Crippen molar-refractivity contribution in [2.24, 2.45) is 5.92 Å². The Morgan fingerprint density at radius 2 is 1.74 bits per heavy atom. The summed E-state index contributed by atoms with van der Waals surface area (Å²) in [5.74, 6) is 0.309. The number of nitrogens with one attached hydrogen (secondary N) is 2. The van der Waals surface area contributed by atoms with E-state index in [2.05, 4.69) is 29.3 Å². The van der Waals surface area contributed by atoms with Crippen molar-refractivity contribution in [1.82, 2.24) is 5.32 Å². The van der Waals surface area contributed by atoms with E-state index in [0.29, 0.717) is 35.8 Å². The standard InChI is InChI=1S/C28H30N4O2/c1-17-4-2-3-5-23(17)27(19-6-7-19)31-28(34)20-10-13-25(29)24(14-20)26(30)18-8-11-21(12-9-18)32-15-22(33)16-32/h2-5,8-14,19,22,27,30,33H,6-7,15-16,29H2,1H3,(H,31,34). The number of hydrogen-bond acceptors (Lipinski definition) is 5. The highest BCUT2D eigenvalue weighted by Gasteiger charge is 2.34. The fourth-order valence-electron chi connectivity index (χ4n) is 4.61. The van der Waals surface area contributed by atoms with E-state index in [1.807, 2.05) is 36.4 Å². The minimum atomic E-state index is -0.267. The summed E-state index contributed by atoms with van der Waals surface area (Å²) in [6.07, 6.45) is 1.96. The average molecular weight is 455 g/mol. The molecule has 5 N–H and O–H groups in total. The molecule has 3 aromatic rings. The molecule has 0 bridgehead atoms. The van der Waals surface area contributed by atoms with Crippen molar-refractivity contribution in [3.63, 3.8) is 0 Å². The van der Waals surface area contributed by atoms with Gasteiger partial charge in [-0.05, 0) is 67.1 Å². The van der Waals surface area contributed by atoms with Gasteiger partial charge in [-0.1, -0.05) is 36.4 Å². The summed E-state index contributed by atoms with van der Waals surface area (Å²) in [5.41, 5.74) is 12.1. The van der Waals surface area contributed by atoms with E-state index in [0.717, 1.165) is 29.7 Å². The van der Waals surface area contributed by atoms with Gasteiger partial charge in [-0.3, -0.25) is 10.2 Å². The number of aliphatic hydroxyl groups excluding tert-OH is 1. The zero-order chi connectivity index (χ0) is 23.8. The molecule has 1 amide bonds. The van der Waals surface area contributed by atoms with Gasteiger partial charge in [-0.15, -0.1) is 0 Å². The molecule has 2 aliphatic rings. The zero-order valence-electron chi connectivity index (χ0n) is 19.3. The van der Waals surface area contributed by atoms with Crippen LogP contribution in [0.2, 0.25) is 0 Å². The van der Waals surface area contributed by atoms with E-state index in [4.69, 9.17) is 11.1 Å². The van der Waals surface area contributed by atoms with Crippen LogP contribution in [0, 0.1) is 18.3 Å². The Balaban J connectivity index is 1.35. The third-order valence-corrected chi connectivity index (χ3v) is 6.87. The van der Waals surface area contributed by atoms with E-state index in [9.17, 15) is 9.90 Å². The van der Waals surface area contributed by atoms with Crippen LogP contribution in [-0.4, -0.2) is 35.9 Å². The number of rotatable bonds is 7. The number of nitrogens with zero attached hydrogens (tertiary/aromatic N) is 1. The molecule has 6 nitrogen and oxygen atoms in total. The van der Waals surface area contributed by atoms with Crippen molar-refractivity contribution in [2.45, 2.75) is 31.9 Å². The Morgan fingerprint density at radius 3 is 2.38 bits per heavy atom. The Labute approximate surface area is 199 Å². The van der Waals surface area contributed by atoms with Gasteiger partial charge in [0.1, 0.15) is 0 Å². The highest BCUT2D eigenvalue weighted by Crippen LogP contribution is 2.42. The van der Waals surface area contributed by atoms with Gasteiger partial charge in [-0.25, -0.2) is 0 Å². The van der Waals surface area contributed by atoms with Crippen LogP contribution < -0.4 is 16.0 Å². The SMILES string of the molecule is Cc1ccccc1C(NC(=O)c1ccc(N)c(C(=N)c2ccc(N3CC(O)C3)cc2)c1)C1CC1. The van der Waals surface area contributed by atoms with Crippen molar-refractivity contribution < 1.29 is 9.90 Å². The van der Waals surface area contributed by atoms with Gasteiger partial charge in [0.25, 0.3) is 5.91 Å². The van der Waals surface area contributed by atoms with E-state index < -0.39 is 0 Å². The average Bonchev–Trinajstić information content (AvgIpc) is 3.66. The second-order valence-corrected chi connectivity index (χ2v) is 9.43. The maximum Gasteiger partial charge on any atom is 0.251 e. The lowest BCUT2D eigenvalue weighted by Gasteiger charge is -2.37. The van der Waals surface area contributed by atoms with Crippen molar-refractivity contribution >= 4 is 23.0 Å². The maximum atomic E-state index is 13.2. The molecule has 174 valence electrons. The van der Waals surface area contributed by atoms with Crippen molar-refractivity contribution in [1.29, 1.82) is 5.41 Å². The molecule has 1 saturated carbocycles. The molecule has 2 fully saturated rings. The van der Waals surface area contributed by atoms with Crippen LogP contribution in [0.5, 0.6) is 0 Å². The van der Waals surface area contributed by atoms with Gasteiger partial charge < -0.3 is 21.1 Å². The summed E-state index contributed by atoms with van der Waals surface area (Å²) >= 11 is 0. The number of aliphatic hydroxyl groups is 1. The molecule has 1 saturated heterocycles. The normalized spacial score (nSPS) is 16.6. The van der Waals surface area contributed by atoms with Crippen LogP contribution in [0.1, 0.15) is 51.5 Å². The zero-order valence-corrected chi connectivity index (χ0v) is 19.3. The lowest BCUT2D eigenvalue weighted by molar-refractivity contribution is 0.0931. The molecule has 1 aliphatic carbocycles. The molecule has 34 heavy (non-hydrogen) atoms. The molecule has 1 atom stereocenters. The first-order valence-corrected chi connectivity index (χ1v) is 11.8. The lowest BCUT2D eigenvalue weighted by atomic mass is 9.96. The smallest absolute Gasteiger partial charge is 0.251 e. The van der Waals surface area contributed by atoms with Gasteiger partial charge in [0, 0.05) is 41.2 Å². The molecule has 1 unspecified atom stereocenters. The topological polar surface area (TPSA) is 102 Å². The van der Waals surface area contributed by atoms with E-state index >= 15 is 0 Å². The van der Waals surface area contributed by atoms with Crippen LogP contribution in [0.15, 0.2) is 66.7 Å². The Kier molecular flexibility index (Phi) is 5.84. The Morgan fingerprint density at radius 1 is 1.06 bits per heavy atom. The minimum Gasteiger partial charge on any atom is -0.398 e. The molecular weight excluding hydrogens is 424 g/mol. The lowest BCUT2D eigenvalue weighted by Crippen LogP contribution is -2.50. The van der Waals surface area contributed by atoms with E-state index in [1.165, 1.54) is 5.56 Å². The van der Waals surface area contributed by atoms with Gasteiger partial charge >= 0.3 is 0 Å². The first-order valence-electron chi connectivity index (χ1n) is 11.8. The van der Waals surface area contributed by atoms with Crippen LogP contribution in [-0.2, 0) is 0 Å². The van der Waals surface area contributed by atoms with Gasteiger partial charge in [-0.2, -0.15) is 0 Å². The fourth-order valence-corrected chi connectivity index (χ4v) is 4.61. The van der Waals surface area contributed by atoms with Gasteiger partial charge in [0.05, 0.1) is 17.9 Å². The number of β-amino-alcohol motifs (C(OH)–C–C–N with tert-alkyl or cyclic N) is 1. The van der Waals surface area contributed by atoms with E-state index in [1.54, 1.807) is 18.2 Å². The quantitative estimate of drug-likeness (QED) is 0.319. The second kappa shape index (κ2) is 8.95. The Hall–Kier alpha value is -3.64. The first kappa shape index (κ1) is 22.2. The van der Waals surface area contributed by atoms with Crippen molar-refractivity contribution in [2.75, 3.05) is 23.7 Å². The molecule has 0 aromatic heterocycles. The molecule has 0 radical (unpaired) electrons. The van der Waals surface area contributed by atoms with Crippen LogP contribution in [0.4, 0.5) is 11.4 Å². The predicted molar refractivity (Wildman–Crippen MR) is 136 cm³/mol. The molecule has 1 aliphatic heterocycles. The summed E-state index contributed by atoms with van der Waals surface area (Å²) in [6, 6.07) is 21.0. The van der Waals surface area contributed by atoms with Crippen molar-refractivity contribution in [3.05, 3.63) is 94.5 Å². The number of hydrogen-bond donors (Lipinski definition) is 4. The number of nitrogen functional groups attached to an aromatic ring is 1. The van der Waals surface area contributed by atoms with Gasteiger partial charge in [0.2, 0.25) is 0 Å². The highest BCUT2D eigenvalue weighted by molar-refractivity contribution is 6.15. The number of carbonyl (C=O) groups is 1. The third-order valence-electron chi connectivity index (χ3n) is 6.87. The highest BCUT2D eigenvalue weighted by atomic mass is 16.3. The van der Waals surface area contributed by atoms with Crippen LogP contribution >= 0.6 is 0 Å². The summed E-state index contributed by atoms with van der Waals surface area (Å²) < 4.78 is 0. The van der Waals surface area contributed by atoms with E-state index in [-0.39, 0.29) is 23.8 Å². The summed E-state index contributed by atoms with van der Waals surface area (Å²) in [5, 5.41) is 21.5. The van der Waals surface area contributed by atoms with Crippen molar-refractivity contribution in [3.8, 4) is 0 Å². The fraction of sp³-hybridized carbons (Fsp3) is 0.286. The number of amides is 1. The number of carbonyl (C=O) groups excluding carboxylic acids is 1. The molecule has 3 aromatic carbocycles. The first-order chi connectivity index (χ1) is 16.4. The predicted octanol–water partition coefficient (Wildman–Crippen LogP) is 4.06. The summed E-state index contributed by atoms with van der Waals surface area (Å²) in [6.45, 7) is 3.34. The molecule has 1 heterocycles. The molecule has 5 rings (SSSR count). The maximum absolute atomic E-state index is 13.2. The Bertz CT molecular complexity index is 1230. The number of benzene rings is 3. The largest absolute Gasteiger partial charge is 0.398 e. The second-order valence-electron chi connectivity index (χ2n) is 9.43. The van der Waals surface area contributed by atoms with Crippen LogP contribution in [0.3, 0.4) is 0 Å². The summed E-state index contributed by atoms with van der Waals surface area (Å²) in [7, 11) is 0. The van der Waals surface area contributed by atoms with Gasteiger partial charge in [0.15, 0.2) is 0 Å². The third kappa shape index (κ3) is 4.41. The summed E-state index contributed by atoms with van der Waals surface area (Å²) in [4.78, 5) is 15.3. The molecule has 0 spiro atoms. The van der Waals surface area contributed by atoms with Crippen LogP contribution in [0.25, 0.3) is 0 Å². The monoisotopic (exact) mass is 454 g/mol. The molecule has 6 heteroatoms. The molecular formula is C28H30N4O2. The number of nitrogens with two attached hydrogens (primary N) is 1.